The minimum atomic E-state index is -4.16. The lowest BCUT2D eigenvalue weighted by atomic mass is 10.2. The van der Waals surface area contributed by atoms with Gasteiger partial charge in [-0.2, -0.15) is 5.10 Å². The maximum absolute atomic E-state index is 13.6. The lowest BCUT2D eigenvalue weighted by Crippen LogP contribution is -2.39. The second-order valence-corrected chi connectivity index (χ2v) is 11.2. The summed E-state index contributed by atoms with van der Waals surface area (Å²) in [6, 6.07) is 25.9. The standard InChI is InChI=1S/C32H32N4O8S/c1-41-25-15-11-24(12-16-25)34-32(38)22-44-26-13-9-23(10-14-26)20-33-35-31(37)21-36(45(39,40)28-7-5-4-6-8-28)29-18-17-27(42-2)19-30(29)43-3/h4-20H,21-22H2,1-3H3,(H,34,38)(H,35,37)/b33-20-. The summed E-state index contributed by atoms with van der Waals surface area (Å²) in [6.45, 7) is -0.778. The molecule has 12 nitrogen and oxygen atoms in total. The molecule has 0 heterocycles. The largest absolute Gasteiger partial charge is 0.497 e. The second kappa shape index (κ2) is 15.3. The minimum Gasteiger partial charge on any atom is -0.497 e. The number of hydrogen-bond acceptors (Lipinski definition) is 9. The average molecular weight is 633 g/mol. The van der Waals surface area contributed by atoms with Crippen LogP contribution in [-0.4, -0.2) is 60.9 Å². The van der Waals surface area contributed by atoms with E-state index in [9.17, 15) is 18.0 Å². The van der Waals surface area contributed by atoms with Crippen molar-refractivity contribution in [1.29, 1.82) is 0 Å². The van der Waals surface area contributed by atoms with Crippen LogP contribution in [0.25, 0.3) is 0 Å². The van der Waals surface area contributed by atoms with Gasteiger partial charge in [-0.15, -0.1) is 0 Å². The van der Waals surface area contributed by atoms with Crippen molar-refractivity contribution in [2.24, 2.45) is 5.10 Å². The third kappa shape index (κ3) is 8.74. The van der Waals surface area contributed by atoms with Crippen molar-refractivity contribution in [3.05, 3.63) is 103 Å². The maximum Gasteiger partial charge on any atom is 0.264 e. The van der Waals surface area contributed by atoms with Crippen molar-refractivity contribution in [2.75, 3.05) is 44.1 Å². The number of ether oxygens (including phenoxy) is 4. The molecule has 0 aliphatic carbocycles. The van der Waals surface area contributed by atoms with Crippen LogP contribution in [0.4, 0.5) is 11.4 Å². The van der Waals surface area contributed by atoms with Gasteiger partial charge in [0.15, 0.2) is 6.61 Å². The number of methoxy groups -OCH3 is 3. The van der Waals surface area contributed by atoms with E-state index in [0.717, 1.165) is 4.31 Å². The van der Waals surface area contributed by atoms with E-state index in [1.165, 1.54) is 44.7 Å². The number of hydrogen-bond donors (Lipinski definition) is 2. The molecule has 4 aromatic rings. The average Bonchev–Trinajstić information content (AvgIpc) is 3.07. The van der Waals surface area contributed by atoms with E-state index >= 15 is 0 Å². The van der Waals surface area contributed by atoms with Crippen LogP contribution in [0, 0.1) is 0 Å². The van der Waals surface area contributed by atoms with E-state index in [4.69, 9.17) is 18.9 Å². The number of rotatable bonds is 14. The van der Waals surface area contributed by atoms with Crippen LogP contribution in [0.15, 0.2) is 107 Å². The van der Waals surface area contributed by atoms with Crippen LogP contribution >= 0.6 is 0 Å². The van der Waals surface area contributed by atoms with Crippen LogP contribution in [0.1, 0.15) is 5.56 Å². The Labute approximate surface area is 261 Å². The molecule has 0 saturated carbocycles. The zero-order valence-corrected chi connectivity index (χ0v) is 25.6. The summed E-state index contributed by atoms with van der Waals surface area (Å²) in [4.78, 5) is 25.1. The molecule has 234 valence electrons. The maximum atomic E-state index is 13.6. The van der Waals surface area contributed by atoms with Crippen molar-refractivity contribution in [3.63, 3.8) is 0 Å². The second-order valence-electron chi connectivity index (χ2n) is 9.29. The van der Waals surface area contributed by atoms with Gasteiger partial charge in [0.25, 0.3) is 21.8 Å². The van der Waals surface area contributed by atoms with Crippen molar-refractivity contribution in [3.8, 4) is 23.0 Å². The first-order chi connectivity index (χ1) is 21.7. The number of sulfonamides is 1. The molecule has 0 aliphatic heterocycles. The fraction of sp³-hybridized carbons (Fsp3) is 0.156. The first-order valence-electron chi connectivity index (χ1n) is 13.5. The Balaban J connectivity index is 1.37. The van der Waals surface area contributed by atoms with Gasteiger partial charge in [0, 0.05) is 11.8 Å². The molecule has 13 heteroatoms. The van der Waals surface area contributed by atoms with Crippen LogP contribution in [-0.2, 0) is 19.6 Å². The van der Waals surface area contributed by atoms with Gasteiger partial charge in [-0.3, -0.25) is 13.9 Å². The first kappa shape index (κ1) is 32.4. The highest BCUT2D eigenvalue weighted by molar-refractivity contribution is 7.92. The molecule has 0 radical (unpaired) electrons. The molecule has 0 atom stereocenters. The molecule has 2 amide bonds. The molecule has 0 unspecified atom stereocenters. The highest BCUT2D eigenvalue weighted by atomic mass is 32.2. The van der Waals surface area contributed by atoms with Crippen LogP contribution in [0.3, 0.4) is 0 Å². The third-order valence-corrected chi connectivity index (χ3v) is 8.07. The number of benzene rings is 4. The molecule has 4 aromatic carbocycles. The summed E-state index contributed by atoms with van der Waals surface area (Å²) in [5, 5.41) is 6.70. The summed E-state index contributed by atoms with van der Waals surface area (Å²) in [5.74, 6) is 0.770. The van der Waals surface area contributed by atoms with Gasteiger partial charge in [-0.1, -0.05) is 18.2 Å². The van der Waals surface area contributed by atoms with Crippen molar-refractivity contribution < 1.29 is 37.0 Å². The fourth-order valence-electron chi connectivity index (χ4n) is 4.03. The number of hydrazone groups is 1. The van der Waals surface area contributed by atoms with E-state index in [2.05, 4.69) is 15.8 Å². The Kier molecular flexibility index (Phi) is 11.0. The smallest absolute Gasteiger partial charge is 0.264 e. The molecular weight excluding hydrogens is 600 g/mol. The van der Waals surface area contributed by atoms with E-state index in [0.29, 0.717) is 28.5 Å². The predicted octanol–water partition coefficient (Wildman–Crippen LogP) is 4.08. The number of carbonyl (C=O) groups excluding carboxylic acids is 2. The van der Waals surface area contributed by atoms with Gasteiger partial charge in [0.05, 0.1) is 38.1 Å². The zero-order valence-electron chi connectivity index (χ0n) is 24.8. The predicted molar refractivity (Wildman–Crippen MR) is 170 cm³/mol. The Bertz CT molecular complexity index is 1730. The van der Waals surface area contributed by atoms with Gasteiger partial charge in [-0.25, -0.2) is 13.8 Å². The SMILES string of the molecule is COc1ccc(NC(=O)COc2ccc(/C=N\NC(=O)CN(c3ccc(OC)cc3OC)S(=O)(=O)c3ccccc3)cc2)cc1. The molecule has 0 aliphatic rings. The first-order valence-corrected chi connectivity index (χ1v) is 15.0. The number of nitrogens with one attached hydrogen (secondary N) is 2. The Morgan fingerprint density at radius 1 is 0.778 bits per heavy atom. The molecular formula is C32H32N4O8S. The molecule has 45 heavy (non-hydrogen) atoms. The van der Waals surface area contributed by atoms with Gasteiger partial charge >= 0.3 is 0 Å². The van der Waals surface area contributed by atoms with Crippen molar-refractivity contribution in [1.82, 2.24) is 5.43 Å². The summed E-state index contributed by atoms with van der Waals surface area (Å²) in [6.07, 6.45) is 1.39. The normalized spacial score (nSPS) is 11.0. The molecule has 2 N–H and O–H groups in total. The molecule has 0 bridgehead atoms. The highest BCUT2D eigenvalue weighted by Gasteiger charge is 2.29. The van der Waals surface area contributed by atoms with E-state index < -0.39 is 22.5 Å². The fourth-order valence-corrected chi connectivity index (χ4v) is 5.48. The lowest BCUT2D eigenvalue weighted by molar-refractivity contribution is -0.119. The number of carbonyl (C=O) groups is 2. The van der Waals surface area contributed by atoms with Crippen LogP contribution in [0.2, 0.25) is 0 Å². The van der Waals surface area contributed by atoms with Crippen molar-refractivity contribution >= 4 is 39.4 Å². The highest BCUT2D eigenvalue weighted by Crippen LogP contribution is 2.35. The minimum absolute atomic E-state index is 0.000283. The van der Waals surface area contributed by atoms with Crippen LogP contribution in [0.5, 0.6) is 23.0 Å². The summed E-state index contributed by atoms with van der Waals surface area (Å²) < 4.78 is 49.4. The molecule has 0 saturated heterocycles. The number of nitrogens with zero attached hydrogens (tertiary/aromatic N) is 2. The van der Waals surface area contributed by atoms with E-state index in [1.807, 2.05) is 0 Å². The number of anilines is 2. The summed E-state index contributed by atoms with van der Waals surface area (Å²) in [7, 11) is 0.266. The Hall–Kier alpha value is -5.56. The van der Waals surface area contributed by atoms with Crippen LogP contribution < -0.4 is 34.0 Å². The molecule has 4 rings (SSSR count). The van der Waals surface area contributed by atoms with Gasteiger partial charge in [0.2, 0.25) is 0 Å². The van der Waals surface area contributed by atoms with Crippen molar-refractivity contribution in [2.45, 2.75) is 4.90 Å². The topological polar surface area (TPSA) is 145 Å². The molecule has 0 spiro atoms. The summed E-state index contributed by atoms with van der Waals surface area (Å²) in [5.41, 5.74) is 3.75. The van der Waals surface area contributed by atoms with E-state index in [-0.39, 0.29) is 28.8 Å². The lowest BCUT2D eigenvalue weighted by Gasteiger charge is -2.25. The Morgan fingerprint density at radius 3 is 2.07 bits per heavy atom. The van der Waals surface area contributed by atoms with Gasteiger partial charge < -0.3 is 24.3 Å². The van der Waals surface area contributed by atoms with Gasteiger partial charge in [0.1, 0.15) is 29.5 Å². The molecule has 0 fully saturated rings. The third-order valence-electron chi connectivity index (χ3n) is 6.30. The monoisotopic (exact) mass is 632 g/mol. The van der Waals surface area contributed by atoms with Gasteiger partial charge in [-0.05, 0) is 78.4 Å². The quantitative estimate of drug-likeness (QED) is 0.156. The number of amides is 2. The Morgan fingerprint density at radius 2 is 1.42 bits per heavy atom. The molecule has 0 aromatic heterocycles. The van der Waals surface area contributed by atoms with E-state index in [1.54, 1.807) is 79.9 Å². The zero-order chi connectivity index (χ0) is 32.2. The summed E-state index contributed by atoms with van der Waals surface area (Å²) >= 11 is 0.